The Balaban J connectivity index is 1.86. The predicted octanol–water partition coefficient (Wildman–Crippen LogP) is 3.01. The minimum atomic E-state index is -4.61. The average molecular weight is 392 g/mol. The van der Waals surface area contributed by atoms with Gasteiger partial charge in [0.2, 0.25) is 0 Å². The molecule has 0 radical (unpaired) electrons. The molecule has 2 N–H and O–H groups in total. The Morgan fingerprint density at radius 3 is 2.07 bits per heavy atom. The normalized spacial score (nSPS) is 14.8. The van der Waals surface area contributed by atoms with Gasteiger partial charge in [-0.05, 0) is 23.8 Å². The number of benzene rings is 2. The van der Waals surface area contributed by atoms with Crippen LogP contribution in [0.25, 0.3) is 0 Å². The molecule has 1 aliphatic rings. The number of halogens is 3. The van der Waals surface area contributed by atoms with Gasteiger partial charge < -0.3 is 10.5 Å². The van der Waals surface area contributed by atoms with Crippen LogP contribution in [0.2, 0.25) is 0 Å². The molecule has 9 heteroatoms. The highest BCUT2D eigenvalue weighted by Gasteiger charge is 2.38. The molecule has 2 aromatic rings. The lowest BCUT2D eigenvalue weighted by molar-refractivity contribution is -0.138. The zero-order valence-electron chi connectivity index (χ0n) is 14.4. The van der Waals surface area contributed by atoms with Crippen LogP contribution in [0.5, 0.6) is 0 Å². The third kappa shape index (κ3) is 3.83. The molecule has 1 heterocycles. The molecule has 6 nitrogen and oxygen atoms in total. The van der Waals surface area contributed by atoms with E-state index in [0.717, 1.165) is 11.0 Å². The lowest BCUT2D eigenvalue weighted by Crippen LogP contribution is -2.40. The van der Waals surface area contributed by atoms with Crippen LogP contribution >= 0.6 is 0 Å². The summed E-state index contributed by atoms with van der Waals surface area (Å²) in [6.07, 6.45) is -7.43. The highest BCUT2D eigenvalue weighted by molar-refractivity contribution is 6.21. The van der Waals surface area contributed by atoms with E-state index in [1.54, 1.807) is 12.1 Å². The predicted molar refractivity (Wildman–Crippen MR) is 91.4 cm³/mol. The molecule has 0 aromatic heterocycles. The van der Waals surface area contributed by atoms with Crippen molar-refractivity contribution in [2.45, 2.75) is 18.7 Å². The summed E-state index contributed by atoms with van der Waals surface area (Å²) in [5.74, 6) is -1.22. The van der Waals surface area contributed by atoms with Crippen molar-refractivity contribution in [3.05, 3.63) is 70.8 Å². The van der Waals surface area contributed by atoms with Crippen LogP contribution < -0.4 is 5.73 Å². The lowest BCUT2D eigenvalue weighted by Gasteiger charge is -2.23. The molecule has 146 valence electrons. The molecule has 0 fully saturated rings. The Labute approximate surface area is 157 Å². The van der Waals surface area contributed by atoms with Gasteiger partial charge in [-0.15, -0.1) is 0 Å². The van der Waals surface area contributed by atoms with Crippen molar-refractivity contribution in [3.63, 3.8) is 0 Å². The second-order valence-electron chi connectivity index (χ2n) is 6.18. The summed E-state index contributed by atoms with van der Waals surface area (Å²) in [6, 6.07) is 10.9. The third-order valence-electron chi connectivity index (χ3n) is 4.32. The minimum absolute atomic E-state index is 0.141. The first-order valence-corrected chi connectivity index (χ1v) is 8.25. The first kappa shape index (κ1) is 19.4. The van der Waals surface area contributed by atoms with E-state index in [0.29, 0.717) is 0 Å². The van der Waals surface area contributed by atoms with Gasteiger partial charge in [-0.3, -0.25) is 14.5 Å². The van der Waals surface area contributed by atoms with Gasteiger partial charge in [0, 0.05) is 6.42 Å². The molecule has 3 rings (SSSR count). The number of alkyl halides is 3. The zero-order valence-corrected chi connectivity index (χ0v) is 14.4. The fourth-order valence-corrected chi connectivity index (χ4v) is 3.14. The molecule has 0 spiro atoms. The monoisotopic (exact) mass is 392 g/mol. The molecular weight excluding hydrogens is 377 g/mol. The molecule has 0 unspecified atom stereocenters. The van der Waals surface area contributed by atoms with Crippen molar-refractivity contribution < 1.29 is 32.3 Å². The van der Waals surface area contributed by atoms with Crippen LogP contribution in [-0.4, -0.2) is 35.5 Å². The first-order valence-electron chi connectivity index (χ1n) is 8.25. The summed E-state index contributed by atoms with van der Waals surface area (Å²) >= 11 is 0. The van der Waals surface area contributed by atoms with Crippen LogP contribution in [0.15, 0.2) is 48.5 Å². The number of fused-ring (bicyclic) bond motifs is 1. The number of nitrogens with two attached hydrogens (primary N) is 1. The van der Waals surface area contributed by atoms with Gasteiger partial charge in [0.25, 0.3) is 11.8 Å². The van der Waals surface area contributed by atoms with Gasteiger partial charge in [0.05, 0.1) is 23.2 Å². The summed E-state index contributed by atoms with van der Waals surface area (Å²) in [4.78, 5) is 37.0. The molecule has 3 amide bonds. The number of primary amides is 1. The average Bonchev–Trinajstić information content (AvgIpc) is 2.86. The first-order chi connectivity index (χ1) is 13.2. The second-order valence-corrected chi connectivity index (χ2v) is 6.18. The molecule has 1 aliphatic heterocycles. The Morgan fingerprint density at radius 2 is 1.54 bits per heavy atom. The number of imide groups is 1. The summed E-state index contributed by atoms with van der Waals surface area (Å²) < 4.78 is 44.6. The number of nitrogens with zero attached hydrogens (tertiary/aromatic N) is 1. The van der Waals surface area contributed by atoms with Gasteiger partial charge in [0.15, 0.2) is 0 Å². The van der Waals surface area contributed by atoms with E-state index in [1.807, 2.05) is 0 Å². The third-order valence-corrected chi connectivity index (χ3v) is 4.32. The van der Waals surface area contributed by atoms with Crippen LogP contribution in [0.4, 0.5) is 18.0 Å². The molecule has 1 atom stereocenters. The summed E-state index contributed by atoms with van der Waals surface area (Å²) in [5, 5.41) is 0. The van der Waals surface area contributed by atoms with Crippen molar-refractivity contribution >= 4 is 17.9 Å². The number of carbonyl (C=O) groups is 3. The number of hydrogen-bond acceptors (Lipinski definition) is 4. The molecule has 2 aromatic carbocycles. The topological polar surface area (TPSA) is 89.7 Å². The van der Waals surface area contributed by atoms with Gasteiger partial charge in [0.1, 0.15) is 6.10 Å². The summed E-state index contributed by atoms with van der Waals surface area (Å²) in [6.45, 7) is -0.415. The Hall–Kier alpha value is -3.36. The van der Waals surface area contributed by atoms with E-state index in [9.17, 15) is 27.6 Å². The van der Waals surface area contributed by atoms with E-state index in [-0.39, 0.29) is 23.1 Å². The lowest BCUT2D eigenvalue weighted by atomic mass is 10.0. The largest absolute Gasteiger partial charge is 0.444 e. The Morgan fingerprint density at radius 1 is 1.00 bits per heavy atom. The number of ether oxygens (including phenoxy) is 1. The van der Waals surface area contributed by atoms with Crippen molar-refractivity contribution in [1.29, 1.82) is 0 Å². The fourth-order valence-electron chi connectivity index (χ4n) is 3.14. The SMILES string of the molecule is NC(=O)O[C@@H](Cc1ccccc1C(F)(F)F)CN1C(=O)c2ccccc2C1=O. The number of carbonyl (C=O) groups excluding carboxylic acids is 3. The maximum Gasteiger partial charge on any atom is 0.416 e. The highest BCUT2D eigenvalue weighted by Crippen LogP contribution is 2.33. The maximum absolute atomic E-state index is 13.2. The smallest absolute Gasteiger partial charge is 0.416 e. The van der Waals surface area contributed by atoms with Gasteiger partial charge in [-0.1, -0.05) is 30.3 Å². The zero-order chi connectivity index (χ0) is 20.5. The van der Waals surface area contributed by atoms with Crippen LogP contribution in [0.3, 0.4) is 0 Å². The number of amides is 3. The highest BCUT2D eigenvalue weighted by atomic mass is 19.4. The molecular formula is C19H15F3N2O4. The molecule has 0 saturated carbocycles. The standard InChI is InChI=1S/C19H15F3N2O4/c20-19(21,22)15-8-4-1-5-11(15)9-12(28-18(23)27)10-24-16(25)13-6-2-3-7-14(13)17(24)26/h1-8,12H,9-10H2,(H2,23,27)/t12-/m0/s1. The van der Waals surface area contributed by atoms with E-state index in [1.165, 1.54) is 30.3 Å². The van der Waals surface area contributed by atoms with Crippen LogP contribution in [-0.2, 0) is 17.3 Å². The maximum atomic E-state index is 13.2. The Kier molecular flexibility index (Phi) is 5.08. The van der Waals surface area contributed by atoms with Crippen molar-refractivity contribution in [3.8, 4) is 0 Å². The van der Waals surface area contributed by atoms with Crippen LogP contribution in [0.1, 0.15) is 31.8 Å². The quantitative estimate of drug-likeness (QED) is 0.792. The molecule has 0 aliphatic carbocycles. The van der Waals surface area contributed by atoms with E-state index < -0.39 is 42.3 Å². The van der Waals surface area contributed by atoms with E-state index in [2.05, 4.69) is 0 Å². The number of rotatable bonds is 5. The molecule has 0 bridgehead atoms. The van der Waals surface area contributed by atoms with E-state index >= 15 is 0 Å². The minimum Gasteiger partial charge on any atom is -0.444 e. The van der Waals surface area contributed by atoms with Gasteiger partial charge >= 0.3 is 12.3 Å². The second kappa shape index (κ2) is 7.34. The van der Waals surface area contributed by atoms with Crippen molar-refractivity contribution in [2.24, 2.45) is 5.73 Å². The van der Waals surface area contributed by atoms with Gasteiger partial charge in [-0.25, -0.2) is 4.79 Å². The van der Waals surface area contributed by atoms with Crippen LogP contribution in [0, 0.1) is 0 Å². The Bertz CT molecular complexity index is 908. The fraction of sp³-hybridized carbons (Fsp3) is 0.211. The molecule has 0 saturated heterocycles. The van der Waals surface area contributed by atoms with Crippen molar-refractivity contribution in [2.75, 3.05) is 6.54 Å². The summed E-state index contributed by atoms with van der Waals surface area (Å²) in [7, 11) is 0. The summed E-state index contributed by atoms with van der Waals surface area (Å²) in [5.41, 5.74) is 4.36. The number of hydrogen-bond donors (Lipinski definition) is 1. The van der Waals surface area contributed by atoms with Crippen molar-refractivity contribution in [1.82, 2.24) is 4.90 Å². The van der Waals surface area contributed by atoms with Gasteiger partial charge in [-0.2, -0.15) is 13.2 Å². The molecule has 28 heavy (non-hydrogen) atoms. The van der Waals surface area contributed by atoms with E-state index in [4.69, 9.17) is 10.5 Å².